The van der Waals surface area contributed by atoms with Crippen molar-refractivity contribution in [3.05, 3.63) is 54.6 Å². The minimum Gasteiger partial charge on any atom is -0.381 e. The second-order valence-electron chi connectivity index (χ2n) is 8.16. The van der Waals surface area contributed by atoms with E-state index in [0.717, 1.165) is 28.0 Å². The molecular weight excluding hydrogens is 454 g/mol. The van der Waals surface area contributed by atoms with Gasteiger partial charge in [-0.2, -0.15) is 10.4 Å². The highest BCUT2D eigenvalue weighted by Gasteiger charge is 2.34. The molecule has 0 bridgehead atoms. The van der Waals surface area contributed by atoms with Gasteiger partial charge in [0.25, 0.3) is 10.0 Å². The van der Waals surface area contributed by atoms with E-state index >= 15 is 0 Å². The number of aromatic nitrogens is 5. The number of sulfonamides is 1. The lowest BCUT2D eigenvalue weighted by molar-refractivity contribution is 0.346. The van der Waals surface area contributed by atoms with E-state index in [0.29, 0.717) is 25.9 Å². The van der Waals surface area contributed by atoms with Crippen LogP contribution in [0.5, 0.6) is 0 Å². The van der Waals surface area contributed by atoms with Gasteiger partial charge in [0.1, 0.15) is 5.65 Å². The molecule has 1 saturated carbocycles. The first-order chi connectivity index (χ1) is 16.5. The molecule has 0 radical (unpaired) electrons. The summed E-state index contributed by atoms with van der Waals surface area (Å²) in [5, 5.41) is 18.0. The molecule has 0 saturated heterocycles. The topological polar surface area (TPSA) is 167 Å². The fourth-order valence-electron chi connectivity index (χ4n) is 4.06. The maximum Gasteiger partial charge on any atom is 0.258 e. The Morgan fingerprint density at radius 1 is 1.24 bits per heavy atom. The predicted octanol–water partition coefficient (Wildman–Crippen LogP) is 1.57. The summed E-state index contributed by atoms with van der Waals surface area (Å²) in [4.78, 5) is 11.5. The fourth-order valence-corrected chi connectivity index (χ4v) is 5.30. The van der Waals surface area contributed by atoms with Crippen LogP contribution in [0.15, 0.2) is 54.1 Å². The molecule has 0 atom stereocenters. The summed E-state index contributed by atoms with van der Waals surface area (Å²) in [5.41, 5.74) is 9.20. The van der Waals surface area contributed by atoms with Gasteiger partial charge in [0.2, 0.25) is 0 Å². The zero-order valence-corrected chi connectivity index (χ0v) is 19.0. The number of rotatable bonds is 8. The Labute approximate surface area is 196 Å². The van der Waals surface area contributed by atoms with E-state index in [1.165, 1.54) is 18.3 Å². The molecule has 4 aromatic heterocycles. The maximum absolute atomic E-state index is 12.7. The summed E-state index contributed by atoms with van der Waals surface area (Å²) in [6.45, 7) is 1.12. The van der Waals surface area contributed by atoms with E-state index in [1.54, 1.807) is 10.9 Å². The van der Waals surface area contributed by atoms with Crippen molar-refractivity contribution in [1.29, 1.82) is 5.26 Å². The first-order valence-electron chi connectivity index (χ1n) is 10.8. The van der Waals surface area contributed by atoms with E-state index in [-0.39, 0.29) is 22.7 Å². The van der Waals surface area contributed by atoms with Gasteiger partial charge < -0.3 is 16.0 Å². The molecule has 12 heteroatoms. The normalized spacial score (nSPS) is 17.9. The summed E-state index contributed by atoms with van der Waals surface area (Å²) in [7, 11) is -3.81. The van der Waals surface area contributed by atoms with Crippen molar-refractivity contribution in [3.8, 4) is 17.3 Å². The van der Waals surface area contributed by atoms with Gasteiger partial charge in [-0.15, -0.1) is 0 Å². The summed E-state index contributed by atoms with van der Waals surface area (Å²) < 4.78 is 29.8. The van der Waals surface area contributed by atoms with Crippen LogP contribution in [-0.4, -0.2) is 51.8 Å². The largest absolute Gasteiger partial charge is 0.381 e. The van der Waals surface area contributed by atoms with E-state index in [1.807, 2.05) is 30.6 Å². The Morgan fingerprint density at radius 2 is 2.09 bits per heavy atom. The molecule has 34 heavy (non-hydrogen) atoms. The van der Waals surface area contributed by atoms with E-state index < -0.39 is 10.0 Å². The summed E-state index contributed by atoms with van der Waals surface area (Å²) in [6, 6.07) is 8.39. The van der Waals surface area contributed by atoms with E-state index in [2.05, 4.69) is 30.1 Å². The number of anilines is 1. The number of hydrogen-bond donors (Lipinski definition) is 4. The number of fused-ring (bicyclic) bond motifs is 1. The molecule has 11 nitrogen and oxygen atoms in total. The van der Waals surface area contributed by atoms with Crippen molar-refractivity contribution >= 4 is 26.7 Å². The van der Waals surface area contributed by atoms with Gasteiger partial charge in [0.15, 0.2) is 5.03 Å². The zero-order chi connectivity index (χ0) is 23.7. The summed E-state index contributed by atoms with van der Waals surface area (Å²) in [5.74, 6) is 0. The summed E-state index contributed by atoms with van der Waals surface area (Å²) in [6.07, 6.45) is 8.03. The quantitative estimate of drug-likeness (QED) is 0.297. The van der Waals surface area contributed by atoms with Crippen LogP contribution in [0.1, 0.15) is 18.4 Å². The van der Waals surface area contributed by atoms with Crippen LogP contribution in [0.3, 0.4) is 0 Å². The molecule has 1 aliphatic rings. The Kier molecular flexibility index (Phi) is 5.74. The smallest absolute Gasteiger partial charge is 0.258 e. The lowest BCUT2D eigenvalue weighted by Gasteiger charge is -2.37. The highest BCUT2D eigenvalue weighted by molar-refractivity contribution is 7.89. The Bertz CT molecular complexity index is 1480. The minimum absolute atomic E-state index is 0.0662. The van der Waals surface area contributed by atoms with Gasteiger partial charge in [-0.05, 0) is 37.1 Å². The molecule has 5 rings (SSSR count). The number of nitriles is 1. The Hall–Kier alpha value is -3.79. The highest BCUT2D eigenvalue weighted by Crippen LogP contribution is 2.36. The van der Waals surface area contributed by atoms with Crippen LogP contribution in [0.25, 0.3) is 22.3 Å². The van der Waals surface area contributed by atoms with E-state index in [4.69, 9.17) is 11.0 Å². The SMILES string of the molecule is N#Cc1ccnc(S(=O)(=O)N[C@H]2C[C@@H](Nc3c(-c4ccn(CCN)n4)cnc4[nH]ccc34)C2)c1. The van der Waals surface area contributed by atoms with Gasteiger partial charge >= 0.3 is 0 Å². The number of nitrogens with zero attached hydrogens (tertiary/aromatic N) is 5. The van der Waals surface area contributed by atoms with Crippen molar-refractivity contribution in [3.63, 3.8) is 0 Å². The fraction of sp³-hybridized carbons (Fsp3) is 0.273. The number of H-pyrrole nitrogens is 1. The number of aromatic amines is 1. The van der Waals surface area contributed by atoms with Crippen LogP contribution >= 0.6 is 0 Å². The second-order valence-corrected chi connectivity index (χ2v) is 9.83. The maximum atomic E-state index is 12.7. The number of nitrogens with two attached hydrogens (primary N) is 1. The average Bonchev–Trinajstić information content (AvgIpc) is 3.47. The third-order valence-electron chi connectivity index (χ3n) is 5.81. The van der Waals surface area contributed by atoms with Gasteiger partial charge in [-0.3, -0.25) is 4.68 Å². The molecular formula is C22H23N9O2S. The molecule has 5 N–H and O–H groups in total. The van der Waals surface area contributed by atoms with Crippen molar-refractivity contribution in [2.24, 2.45) is 5.73 Å². The van der Waals surface area contributed by atoms with Crippen LogP contribution in [0.2, 0.25) is 0 Å². The molecule has 4 heterocycles. The molecule has 0 aliphatic heterocycles. The molecule has 4 aromatic rings. The van der Waals surface area contributed by atoms with Crippen molar-refractivity contribution in [1.82, 2.24) is 29.5 Å². The molecule has 0 amide bonds. The zero-order valence-electron chi connectivity index (χ0n) is 18.1. The van der Waals surface area contributed by atoms with Gasteiger partial charge in [0, 0.05) is 54.4 Å². The van der Waals surface area contributed by atoms with Crippen LogP contribution < -0.4 is 15.8 Å². The Morgan fingerprint density at radius 3 is 2.88 bits per heavy atom. The first kappa shape index (κ1) is 22.0. The van der Waals surface area contributed by atoms with E-state index in [9.17, 15) is 8.42 Å². The standard InChI is InChI=1S/C22H23N9O2S/c23-4-8-31-7-3-19(29-31)18-13-27-22-17(2-6-26-22)21(18)28-15-10-16(11-15)30-34(32,33)20-9-14(12-24)1-5-25-20/h1-3,5-7,9,13,15-16,30H,4,8,10-11,23H2,(H2,26,27,28)/t15-,16+. The summed E-state index contributed by atoms with van der Waals surface area (Å²) >= 11 is 0. The van der Waals surface area contributed by atoms with Crippen molar-refractivity contribution < 1.29 is 8.42 Å². The number of nitrogens with one attached hydrogen (secondary N) is 3. The molecule has 0 unspecified atom stereocenters. The Balaban J connectivity index is 1.32. The third-order valence-corrected chi connectivity index (χ3v) is 7.23. The molecule has 1 aliphatic carbocycles. The van der Waals surface area contributed by atoms with Gasteiger partial charge in [0.05, 0.1) is 29.6 Å². The highest BCUT2D eigenvalue weighted by atomic mass is 32.2. The monoisotopic (exact) mass is 477 g/mol. The lowest BCUT2D eigenvalue weighted by atomic mass is 9.87. The molecule has 1 fully saturated rings. The first-order valence-corrected chi connectivity index (χ1v) is 12.3. The van der Waals surface area contributed by atoms with Gasteiger partial charge in [-0.25, -0.2) is 23.1 Å². The number of hydrogen-bond acceptors (Lipinski definition) is 8. The van der Waals surface area contributed by atoms with Crippen molar-refractivity contribution in [2.75, 3.05) is 11.9 Å². The molecule has 0 aromatic carbocycles. The predicted molar refractivity (Wildman–Crippen MR) is 126 cm³/mol. The molecule has 174 valence electrons. The second kappa shape index (κ2) is 8.86. The number of pyridine rings is 2. The van der Waals surface area contributed by atoms with Gasteiger partial charge in [-0.1, -0.05) is 0 Å². The molecule has 0 spiro atoms. The van der Waals surface area contributed by atoms with Crippen LogP contribution in [0.4, 0.5) is 5.69 Å². The third kappa shape index (κ3) is 4.24. The van der Waals surface area contributed by atoms with Crippen LogP contribution in [0, 0.1) is 11.3 Å². The van der Waals surface area contributed by atoms with Crippen LogP contribution in [-0.2, 0) is 16.6 Å². The van der Waals surface area contributed by atoms with Crippen molar-refractivity contribution in [2.45, 2.75) is 36.5 Å². The minimum atomic E-state index is -3.81. The lowest BCUT2D eigenvalue weighted by Crippen LogP contribution is -2.49. The average molecular weight is 478 g/mol.